The fraction of sp³-hybridized carbons (Fsp3) is 0.160. The summed E-state index contributed by atoms with van der Waals surface area (Å²) in [6.07, 6.45) is 0. The Bertz CT molecular complexity index is 1350. The van der Waals surface area contributed by atoms with Crippen molar-refractivity contribution in [3.05, 3.63) is 94.0 Å². The first-order valence-electron chi connectivity index (χ1n) is 10.8. The van der Waals surface area contributed by atoms with Crippen molar-refractivity contribution in [3.63, 3.8) is 0 Å². The third-order valence-corrected chi connectivity index (χ3v) is 6.71. The number of nitrogens with one attached hydrogen (secondary N) is 2. The third-order valence-electron chi connectivity index (χ3n) is 5.17. The zero-order chi connectivity index (χ0) is 25.7. The minimum absolute atomic E-state index is 0.296. The van der Waals surface area contributed by atoms with E-state index in [1.807, 2.05) is 0 Å². The molecule has 1 aromatic heterocycles. The Kier molecular flexibility index (Phi) is 8.35. The second-order valence-electron chi connectivity index (χ2n) is 7.74. The monoisotopic (exact) mass is 545 g/mol. The van der Waals surface area contributed by atoms with E-state index in [4.69, 9.17) is 27.9 Å². The molecule has 0 aliphatic heterocycles. The average Bonchev–Trinajstić information content (AvgIpc) is 3.28. The molecule has 0 spiro atoms. The molecule has 36 heavy (non-hydrogen) atoms. The van der Waals surface area contributed by atoms with Crippen molar-refractivity contribution in [3.8, 4) is 11.4 Å². The summed E-state index contributed by atoms with van der Waals surface area (Å²) in [7, 11) is 1.58. The zero-order valence-electron chi connectivity index (χ0n) is 19.3. The Balaban J connectivity index is 1.57. The first kappa shape index (κ1) is 25.8. The lowest BCUT2D eigenvalue weighted by atomic mass is 10.2. The molecule has 4 aromatic rings. The van der Waals surface area contributed by atoms with E-state index in [0.717, 1.165) is 5.56 Å². The summed E-state index contributed by atoms with van der Waals surface area (Å²) in [4.78, 5) is 12.7. The maximum atomic E-state index is 13.3. The van der Waals surface area contributed by atoms with Crippen LogP contribution < -0.4 is 15.4 Å². The summed E-state index contributed by atoms with van der Waals surface area (Å²) < 4.78 is 20.2. The smallest absolute Gasteiger partial charge is 0.319 e. The van der Waals surface area contributed by atoms with E-state index in [-0.39, 0.29) is 5.82 Å². The van der Waals surface area contributed by atoms with E-state index in [0.29, 0.717) is 43.9 Å². The lowest BCUT2D eigenvalue weighted by Crippen LogP contribution is -2.32. The van der Waals surface area contributed by atoms with E-state index in [1.54, 1.807) is 73.2 Å². The number of anilines is 1. The van der Waals surface area contributed by atoms with Crippen LogP contribution in [0.5, 0.6) is 5.75 Å². The molecule has 1 heterocycles. The molecular weight excluding hydrogens is 524 g/mol. The molecule has 0 saturated carbocycles. The highest BCUT2D eigenvalue weighted by atomic mass is 35.5. The van der Waals surface area contributed by atoms with Crippen molar-refractivity contribution in [1.29, 1.82) is 0 Å². The number of ether oxygens (including phenoxy) is 1. The zero-order valence-corrected chi connectivity index (χ0v) is 21.7. The van der Waals surface area contributed by atoms with E-state index in [2.05, 4.69) is 20.8 Å². The molecule has 3 aromatic carbocycles. The molecule has 4 rings (SSSR count). The molecule has 0 bridgehead atoms. The molecule has 2 amide bonds. The predicted octanol–water partition coefficient (Wildman–Crippen LogP) is 6.90. The normalized spacial score (nSPS) is 11.7. The lowest BCUT2D eigenvalue weighted by Gasteiger charge is -2.17. The van der Waals surface area contributed by atoms with Crippen LogP contribution in [-0.2, 0) is 5.75 Å². The highest BCUT2D eigenvalue weighted by Gasteiger charge is 2.23. The quantitative estimate of drug-likeness (QED) is 0.235. The highest BCUT2D eigenvalue weighted by Crippen LogP contribution is 2.32. The van der Waals surface area contributed by atoms with Crippen LogP contribution in [-0.4, -0.2) is 27.9 Å². The average molecular weight is 546 g/mol. The second-order valence-corrected chi connectivity index (χ2v) is 9.52. The van der Waals surface area contributed by atoms with Gasteiger partial charge in [-0.15, -0.1) is 10.2 Å². The Labute approximate surface area is 222 Å². The van der Waals surface area contributed by atoms with Gasteiger partial charge in [0, 0.05) is 16.5 Å². The van der Waals surface area contributed by atoms with Gasteiger partial charge in [0.05, 0.1) is 23.9 Å². The van der Waals surface area contributed by atoms with Gasteiger partial charge in [-0.1, -0.05) is 47.1 Å². The minimum Gasteiger partial charge on any atom is -0.497 e. The van der Waals surface area contributed by atoms with Gasteiger partial charge in [-0.25, -0.2) is 9.18 Å². The Morgan fingerprint density at radius 1 is 1.08 bits per heavy atom. The van der Waals surface area contributed by atoms with Crippen LogP contribution in [0.15, 0.2) is 71.9 Å². The van der Waals surface area contributed by atoms with Gasteiger partial charge in [0.2, 0.25) is 0 Å². The van der Waals surface area contributed by atoms with Crippen molar-refractivity contribution in [2.24, 2.45) is 0 Å². The maximum Gasteiger partial charge on any atom is 0.319 e. The first-order valence-corrected chi connectivity index (χ1v) is 12.6. The van der Waals surface area contributed by atoms with Gasteiger partial charge in [-0.2, -0.15) is 0 Å². The summed E-state index contributed by atoms with van der Waals surface area (Å²) in [5.41, 5.74) is 2.15. The number of benzene rings is 3. The van der Waals surface area contributed by atoms with Crippen LogP contribution >= 0.6 is 35.0 Å². The van der Waals surface area contributed by atoms with E-state index < -0.39 is 12.1 Å². The Hall–Kier alpha value is -3.27. The SMILES string of the molecule is COc1ccc(NC(=O)NC(C)c2nnc(SCc3ccc(F)cc3)n2-c2ccc(Cl)cc2Cl)cc1. The molecule has 1 unspecified atom stereocenters. The van der Waals surface area contributed by atoms with Crippen molar-refractivity contribution in [2.45, 2.75) is 23.9 Å². The summed E-state index contributed by atoms with van der Waals surface area (Å²) >= 11 is 14.0. The molecule has 0 saturated heterocycles. The summed E-state index contributed by atoms with van der Waals surface area (Å²) in [5.74, 6) is 1.40. The first-order chi connectivity index (χ1) is 17.3. The number of carbonyl (C=O) groups is 1. The lowest BCUT2D eigenvalue weighted by molar-refractivity contribution is 0.249. The molecule has 11 heteroatoms. The Morgan fingerprint density at radius 3 is 2.47 bits per heavy atom. The molecule has 186 valence electrons. The molecule has 0 aliphatic carbocycles. The number of rotatable bonds is 8. The summed E-state index contributed by atoms with van der Waals surface area (Å²) in [5, 5.41) is 15.8. The summed E-state index contributed by atoms with van der Waals surface area (Å²) in [6, 6.07) is 17.4. The van der Waals surface area contributed by atoms with E-state index >= 15 is 0 Å². The van der Waals surface area contributed by atoms with Crippen LogP contribution in [0.2, 0.25) is 10.0 Å². The number of aromatic nitrogens is 3. The van der Waals surface area contributed by atoms with Gasteiger partial charge in [0.1, 0.15) is 11.6 Å². The maximum absolute atomic E-state index is 13.3. The molecule has 0 fully saturated rings. The molecule has 1 atom stereocenters. The van der Waals surface area contributed by atoms with Crippen LogP contribution in [0, 0.1) is 5.82 Å². The van der Waals surface area contributed by atoms with Gasteiger partial charge in [-0.3, -0.25) is 4.57 Å². The fourth-order valence-corrected chi connectivity index (χ4v) is 4.78. The number of methoxy groups -OCH3 is 1. The number of halogens is 3. The van der Waals surface area contributed by atoms with Gasteiger partial charge in [0.15, 0.2) is 11.0 Å². The van der Waals surface area contributed by atoms with Crippen molar-refractivity contribution in [1.82, 2.24) is 20.1 Å². The number of hydrogen-bond acceptors (Lipinski definition) is 5. The molecule has 7 nitrogen and oxygen atoms in total. The van der Waals surface area contributed by atoms with Gasteiger partial charge >= 0.3 is 6.03 Å². The minimum atomic E-state index is -0.525. The number of urea groups is 1. The van der Waals surface area contributed by atoms with Crippen LogP contribution in [0.3, 0.4) is 0 Å². The fourth-order valence-electron chi connectivity index (χ4n) is 3.38. The highest BCUT2D eigenvalue weighted by molar-refractivity contribution is 7.98. The molecule has 0 aliphatic rings. The van der Waals surface area contributed by atoms with Crippen molar-refractivity contribution in [2.75, 3.05) is 12.4 Å². The predicted molar refractivity (Wildman–Crippen MR) is 141 cm³/mol. The third kappa shape index (κ3) is 6.29. The van der Waals surface area contributed by atoms with E-state index in [1.165, 1.54) is 23.9 Å². The second kappa shape index (κ2) is 11.6. The van der Waals surface area contributed by atoms with Crippen LogP contribution in [0.4, 0.5) is 14.9 Å². The number of carbonyl (C=O) groups excluding carboxylic acids is 1. The van der Waals surface area contributed by atoms with Crippen LogP contribution in [0.25, 0.3) is 5.69 Å². The number of amides is 2. The standard InChI is InChI=1S/C25H22Cl2FN5O2S/c1-15(29-24(34)30-19-8-10-20(35-2)11-9-19)23-31-32-25(36-14-16-3-6-18(28)7-4-16)33(23)22-12-5-17(26)13-21(22)27/h3-13,15H,14H2,1-2H3,(H2,29,30,34). The summed E-state index contributed by atoms with van der Waals surface area (Å²) in [6.45, 7) is 1.80. The molecular formula is C25H22Cl2FN5O2S. The number of hydrogen-bond donors (Lipinski definition) is 2. The van der Waals surface area contributed by atoms with Gasteiger partial charge in [0.25, 0.3) is 0 Å². The topological polar surface area (TPSA) is 81.1 Å². The van der Waals surface area contributed by atoms with E-state index in [9.17, 15) is 9.18 Å². The van der Waals surface area contributed by atoms with Gasteiger partial charge < -0.3 is 15.4 Å². The molecule has 2 N–H and O–H groups in total. The largest absolute Gasteiger partial charge is 0.497 e. The van der Waals surface area contributed by atoms with Crippen LogP contribution in [0.1, 0.15) is 24.4 Å². The van der Waals surface area contributed by atoms with Gasteiger partial charge in [-0.05, 0) is 67.1 Å². The number of nitrogens with zero attached hydrogens (tertiary/aromatic N) is 3. The molecule has 0 radical (unpaired) electrons. The van der Waals surface area contributed by atoms with Crippen molar-refractivity contribution >= 4 is 46.7 Å². The van der Waals surface area contributed by atoms with Crippen molar-refractivity contribution < 1.29 is 13.9 Å². The Morgan fingerprint density at radius 2 is 1.81 bits per heavy atom. The number of thioether (sulfide) groups is 1.